The first-order chi connectivity index (χ1) is 7.22. The van der Waals surface area contributed by atoms with Crippen LogP contribution in [-0.2, 0) is 11.3 Å². The zero-order chi connectivity index (χ0) is 10.8. The summed E-state index contributed by atoms with van der Waals surface area (Å²) in [6.45, 7) is 2.89. The average Bonchev–Trinajstić information content (AvgIpc) is 2.73. The summed E-state index contributed by atoms with van der Waals surface area (Å²) in [4.78, 5) is 19.5. The van der Waals surface area contributed by atoms with Crippen LogP contribution in [0.1, 0.15) is 25.1 Å². The third-order valence-electron chi connectivity index (χ3n) is 2.26. The standard InChI is InChI=1S/C9H13N5O/c1-2-3-14-5-11-4-6(14)7-8(15)13-9(10)12-7/h4-5,7H,2-3H2,1H3,(H3,10,12,13,15). The number of nitrogens with zero attached hydrogens (tertiary/aromatic N) is 3. The number of hydrogen-bond donors (Lipinski definition) is 2. The molecule has 1 amide bonds. The number of nitrogens with two attached hydrogens (primary N) is 1. The van der Waals surface area contributed by atoms with Crippen molar-refractivity contribution < 1.29 is 4.79 Å². The first-order valence-electron chi connectivity index (χ1n) is 4.86. The fraction of sp³-hybridized carbons (Fsp3) is 0.444. The number of rotatable bonds is 3. The van der Waals surface area contributed by atoms with E-state index in [0.717, 1.165) is 18.7 Å². The van der Waals surface area contributed by atoms with Gasteiger partial charge >= 0.3 is 0 Å². The van der Waals surface area contributed by atoms with Crippen molar-refractivity contribution in [3.63, 3.8) is 0 Å². The number of amides is 1. The Labute approximate surface area is 87.2 Å². The fourth-order valence-corrected chi connectivity index (χ4v) is 1.61. The van der Waals surface area contributed by atoms with Crippen molar-refractivity contribution in [3.05, 3.63) is 18.2 Å². The number of carbonyl (C=O) groups is 1. The summed E-state index contributed by atoms with van der Waals surface area (Å²) >= 11 is 0. The number of aromatic nitrogens is 2. The van der Waals surface area contributed by atoms with Gasteiger partial charge in [0.2, 0.25) is 0 Å². The van der Waals surface area contributed by atoms with Crippen molar-refractivity contribution in [1.29, 1.82) is 0 Å². The largest absolute Gasteiger partial charge is 0.370 e. The van der Waals surface area contributed by atoms with Gasteiger partial charge in [0.05, 0.1) is 18.2 Å². The molecule has 1 atom stereocenters. The van der Waals surface area contributed by atoms with E-state index < -0.39 is 6.04 Å². The van der Waals surface area contributed by atoms with Gasteiger partial charge in [0, 0.05) is 6.54 Å². The van der Waals surface area contributed by atoms with Gasteiger partial charge < -0.3 is 10.3 Å². The summed E-state index contributed by atoms with van der Waals surface area (Å²) in [6, 6.07) is -0.543. The Morgan fingerprint density at radius 3 is 3.07 bits per heavy atom. The van der Waals surface area contributed by atoms with E-state index in [-0.39, 0.29) is 11.9 Å². The Bertz CT molecular complexity index is 408. The van der Waals surface area contributed by atoms with Crippen molar-refractivity contribution >= 4 is 11.9 Å². The van der Waals surface area contributed by atoms with Crippen LogP contribution in [0.5, 0.6) is 0 Å². The van der Waals surface area contributed by atoms with Crippen molar-refractivity contribution in [2.75, 3.05) is 0 Å². The molecule has 2 heterocycles. The lowest BCUT2D eigenvalue weighted by Gasteiger charge is -2.08. The van der Waals surface area contributed by atoms with E-state index in [1.54, 1.807) is 12.5 Å². The van der Waals surface area contributed by atoms with E-state index in [1.807, 2.05) is 4.57 Å². The molecule has 15 heavy (non-hydrogen) atoms. The van der Waals surface area contributed by atoms with E-state index >= 15 is 0 Å². The third kappa shape index (κ3) is 1.70. The van der Waals surface area contributed by atoms with E-state index in [2.05, 4.69) is 22.2 Å². The lowest BCUT2D eigenvalue weighted by atomic mass is 10.2. The van der Waals surface area contributed by atoms with Gasteiger partial charge in [0.25, 0.3) is 5.91 Å². The number of hydrogen-bond acceptors (Lipinski definition) is 4. The van der Waals surface area contributed by atoms with Crippen molar-refractivity contribution in [1.82, 2.24) is 14.9 Å². The molecule has 0 aliphatic carbocycles. The highest BCUT2D eigenvalue weighted by Gasteiger charge is 2.28. The third-order valence-corrected chi connectivity index (χ3v) is 2.26. The quantitative estimate of drug-likeness (QED) is 0.718. The van der Waals surface area contributed by atoms with Crippen LogP contribution in [0.3, 0.4) is 0 Å². The lowest BCUT2D eigenvalue weighted by Crippen LogP contribution is -2.31. The fourth-order valence-electron chi connectivity index (χ4n) is 1.61. The number of nitrogens with one attached hydrogen (secondary N) is 1. The zero-order valence-electron chi connectivity index (χ0n) is 8.47. The molecular formula is C9H13N5O. The topological polar surface area (TPSA) is 85.3 Å². The van der Waals surface area contributed by atoms with E-state index in [4.69, 9.17) is 5.73 Å². The molecule has 1 aromatic rings. The van der Waals surface area contributed by atoms with Crippen LogP contribution in [0.15, 0.2) is 17.5 Å². The molecule has 1 aliphatic heterocycles. The zero-order valence-corrected chi connectivity index (χ0v) is 8.47. The Balaban J connectivity index is 2.29. The van der Waals surface area contributed by atoms with E-state index in [1.165, 1.54) is 0 Å². The summed E-state index contributed by atoms with van der Waals surface area (Å²) in [5.74, 6) is -0.0143. The summed E-state index contributed by atoms with van der Waals surface area (Å²) in [5.41, 5.74) is 6.22. The number of carbonyl (C=O) groups excluding carboxylic acids is 1. The highest BCUT2D eigenvalue weighted by molar-refractivity contribution is 6.04. The minimum absolute atomic E-state index is 0.175. The Kier molecular flexibility index (Phi) is 2.40. The second-order valence-corrected chi connectivity index (χ2v) is 3.42. The first kappa shape index (κ1) is 9.70. The van der Waals surface area contributed by atoms with Crippen LogP contribution in [0.4, 0.5) is 0 Å². The van der Waals surface area contributed by atoms with Crippen molar-refractivity contribution in [2.24, 2.45) is 10.7 Å². The van der Waals surface area contributed by atoms with Gasteiger partial charge in [-0.1, -0.05) is 6.92 Å². The SMILES string of the molecule is CCCn1cncc1C1N=C(N)NC1=O. The second-order valence-electron chi connectivity index (χ2n) is 3.42. The minimum atomic E-state index is -0.543. The van der Waals surface area contributed by atoms with Gasteiger partial charge in [-0.25, -0.2) is 9.98 Å². The van der Waals surface area contributed by atoms with Crippen LogP contribution >= 0.6 is 0 Å². The monoisotopic (exact) mass is 207 g/mol. The molecule has 0 fully saturated rings. The molecule has 6 heteroatoms. The maximum absolute atomic E-state index is 11.5. The summed E-state index contributed by atoms with van der Waals surface area (Å²) < 4.78 is 1.92. The molecule has 0 saturated carbocycles. The molecule has 1 unspecified atom stereocenters. The van der Waals surface area contributed by atoms with Gasteiger partial charge in [-0.2, -0.15) is 0 Å². The van der Waals surface area contributed by atoms with Gasteiger partial charge in [-0.3, -0.25) is 10.1 Å². The smallest absolute Gasteiger partial charge is 0.257 e. The average molecular weight is 207 g/mol. The Morgan fingerprint density at radius 2 is 2.47 bits per heavy atom. The lowest BCUT2D eigenvalue weighted by molar-refractivity contribution is -0.120. The molecule has 0 saturated heterocycles. The number of imidazole rings is 1. The maximum Gasteiger partial charge on any atom is 0.257 e. The number of aliphatic imine (C=N–C) groups is 1. The van der Waals surface area contributed by atoms with E-state index in [0.29, 0.717) is 0 Å². The maximum atomic E-state index is 11.5. The molecule has 0 bridgehead atoms. The molecular weight excluding hydrogens is 194 g/mol. The molecule has 80 valence electrons. The molecule has 2 rings (SSSR count). The van der Waals surface area contributed by atoms with Crippen LogP contribution < -0.4 is 11.1 Å². The summed E-state index contributed by atoms with van der Waals surface area (Å²) in [6.07, 6.45) is 4.34. The summed E-state index contributed by atoms with van der Waals surface area (Å²) in [5, 5.41) is 2.47. The van der Waals surface area contributed by atoms with Crippen LogP contribution in [0, 0.1) is 0 Å². The predicted octanol–water partition coefficient (Wildman–Crippen LogP) is -0.221. The second kappa shape index (κ2) is 3.72. The van der Waals surface area contributed by atoms with Crippen molar-refractivity contribution in [2.45, 2.75) is 25.9 Å². The van der Waals surface area contributed by atoms with Crippen LogP contribution in [0.2, 0.25) is 0 Å². The van der Waals surface area contributed by atoms with Gasteiger partial charge in [0.1, 0.15) is 0 Å². The van der Waals surface area contributed by atoms with Gasteiger partial charge in [0.15, 0.2) is 12.0 Å². The van der Waals surface area contributed by atoms with Crippen LogP contribution in [-0.4, -0.2) is 21.4 Å². The van der Waals surface area contributed by atoms with Gasteiger partial charge in [-0.05, 0) is 6.42 Å². The Hall–Kier alpha value is -1.85. The normalized spacial score (nSPS) is 20.2. The number of aryl methyl sites for hydroxylation is 1. The molecule has 1 aliphatic rings. The highest BCUT2D eigenvalue weighted by atomic mass is 16.2. The van der Waals surface area contributed by atoms with Gasteiger partial charge in [-0.15, -0.1) is 0 Å². The molecule has 0 radical (unpaired) electrons. The Morgan fingerprint density at radius 1 is 1.67 bits per heavy atom. The highest BCUT2D eigenvalue weighted by Crippen LogP contribution is 2.20. The van der Waals surface area contributed by atoms with Crippen molar-refractivity contribution in [3.8, 4) is 0 Å². The number of guanidine groups is 1. The summed E-state index contributed by atoms with van der Waals surface area (Å²) in [7, 11) is 0. The predicted molar refractivity (Wildman–Crippen MR) is 55.0 cm³/mol. The first-order valence-corrected chi connectivity index (χ1v) is 4.86. The van der Waals surface area contributed by atoms with Crippen LogP contribution in [0.25, 0.3) is 0 Å². The molecule has 0 aromatic carbocycles. The van der Waals surface area contributed by atoms with E-state index in [9.17, 15) is 4.79 Å². The molecule has 1 aromatic heterocycles. The minimum Gasteiger partial charge on any atom is -0.370 e. The molecule has 3 N–H and O–H groups in total. The molecule has 0 spiro atoms. The molecule has 6 nitrogen and oxygen atoms in total.